The molecular weight excluding hydrogens is 433 g/mol. The highest BCUT2D eigenvalue weighted by Crippen LogP contribution is 2.25. The monoisotopic (exact) mass is 453 g/mol. The van der Waals surface area contributed by atoms with Crippen LogP contribution in [0.15, 0.2) is 53.3 Å². The summed E-state index contributed by atoms with van der Waals surface area (Å²) in [5.74, 6) is -0.979. The fourth-order valence-electron chi connectivity index (χ4n) is 3.69. The quantitative estimate of drug-likeness (QED) is 0.479. The van der Waals surface area contributed by atoms with Gasteiger partial charge in [0, 0.05) is 0 Å². The van der Waals surface area contributed by atoms with E-state index in [0.29, 0.717) is 28.7 Å². The Kier molecular flexibility index (Phi) is 5.80. The molecular formula is C23H21ClFN5O2. The van der Waals surface area contributed by atoms with Crippen LogP contribution in [0.2, 0.25) is 5.02 Å². The van der Waals surface area contributed by atoms with E-state index in [-0.39, 0.29) is 10.7 Å². The molecule has 0 spiro atoms. The molecule has 0 aliphatic carbocycles. The Balaban J connectivity index is 1.79. The molecule has 1 amide bonds. The third-order valence-electron chi connectivity index (χ3n) is 5.31. The van der Waals surface area contributed by atoms with Crippen LogP contribution < -0.4 is 10.9 Å². The summed E-state index contributed by atoms with van der Waals surface area (Å²) in [4.78, 5) is 26.4. The van der Waals surface area contributed by atoms with Crippen molar-refractivity contribution in [2.45, 2.75) is 33.2 Å². The highest BCUT2D eigenvalue weighted by atomic mass is 35.5. The Morgan fingerprint density at radius 2 is 1.88 bits per heavy atom. The average molecular weight is 454 g/mol. The summed E-state index contributed by atoms with van der Waals surface area (Å²) in [7, 11) is 0. The number of benzene rings is 2. The van der Waals surface area contributed by atoms with Crippen LogP contribution in [0.1, 0.15) is 30.8 Å². The molecule has 0 fully saturated rings. The summed E-state index contributed by atoms with van der Waals surface area (Å²) in [6.07, 6.45) is 0.314. The van der Waals surface area contributed by atoms with Gasteiger partial charge in [0.1, 0.15) is 17.4 Å². The third kappa shape index (κ3) is 3.78. The van der Waals surface area contributed by atoms with Crippen molar-refractivity contribution in [1.82, 2.24) is 19.6 Å². The minimum atomic E-state index is -0.883. The van der Waals surface area contributed by atoms with Gasteiger partial charge in [-0.05, 0) is 50.6 Å². The van der Waals surface area contributed by atoms with Crippen molar-refractivity contribution in [3.05, 3.63) is 81.1 Å². The topological polar surface area (TPSA) is 81.8 Å². The number of halogens is 2. The zero-order valence-corrected chi connectivity index (χ0v) is 18.5. The van der Waals surface area contributed by atoms with Crippen molar-refractivity contribution in [3.8, 4) is 5.69 Å². The zero-order valence-electron chi connectivity index (χ0n) is 17.8. The zero-order chi connectivity index (χ0) is 23.0. The second kappa shape index (κ2) is 8.55. The smallest absolute Gasteiger partial charge is 0.278 e. The van der Waals surface area contributed by atoms with Crippen LogP contribution in [0.3, 0.4) is 0 Å². The Hall–Kier alpha value is -3.52. The first-order valence-corrected chi connectivity index (χ1v) is 10.5. The van der Waals surface area contributed by atoms with Gasteiger partial charge < -0.3 is 5.32 Å². The summed E-state index contributed by atoms with van der Waals surface area (Å²) in [6, 6.07) is 12.3. The van der Waals surface area contributed by atoms with Crippen molar-refractivity contribution in [2.24, 2.45) is 0 Å². The molecule has 0 saturated heterocycles. The molecule has 32 heavy (non-hydrogen) atoms. The minimum absolute atomic E-state index is 0.0696. The number of hydrogen-bond acceptors (Lipinski definition) is 4. The summed E-state index contributed by atoms with van der Waals surface area (Å²) < 4.78 is 16.2. The number of rotatable bonds is 5. The predicted octanol–water partition coefficient (Wildman–Crippen LogP) is 4.58. The standard InChI is InChI=1S/C23H21ClFN5O2/c1-4-19(22(31)26-18-11-10-15(25)12-17(18)24)30-23(32)20-14(3)29(16-8-6-5-7-9-16)28-21(20)13(2)27-30/h5-12,19H,4H2,1-3H3,(H,26,31). The van der Waals surface area contributed by atoms with E-state index in [0.717, 1.165) is 11.8 Å². The number of carbonyl (C=O) groups excluding carboxylic acids is 1. The lowest BCUT2D eigenvalue weighted by Gasteiger charge is -2.18. The van der Waals surface area contributed by atoms with Crippen LogP contribution in [-0.2, 0) is 4.79 Å². The van der Waals surface area contributed by atoms with Gasteiger partial charge in [-0.2, -0.15) is 10.2 Å². The molecule has 0 radical (unpaired) electrons. The molecule has 9 heteroatoms. The molecule has 1 unspecified atom stereocenters. The molecule has 1 N–H and O–H groups in total. The number of aryl methyl sites for hydroxylation is 2. The molecule has 0 saturated carbocycles. The number of fused-ring (bicyclic) bond motifs is 1. The van der Waals surface area contributed by atoms with Crippen molar-refractivity contribution in [3.63, 3.8) is 0 Å². The molecule has 2 aromatic carbocycles. The number of nitrogens with one attached hydrogen (secondary N) is 1. The molecule has 7 nitrogen and oxygen atoms in total. The molecule has 4 aromatic rings. The lowest BCUT2D eigenvalue weighted by molar-refractivity contribution is -0.119. The summed E-state index contributed by atoms with van der Waals surface area (Å²) in [5, 5.41) is 12.1. The third-order valence-corrected chi connectivity index (χ3v) is 5.63. The molecule has 1 atom stereocenters. The molecule has 0 bridgehead atoms. The number of amides is 1. The van der Waals surface area contributed by atoms with Crippen LogP contribution in [0.5, 0.6) is 0 Å². The summed E-state index contributed by atoms with van der Waals surface area (Å²) in [5.41, 5.74) is 2.36. The highest BCUT2D eigenvalue weighted by molar-refractivity contribution is 6.33. The van der Waals surface area contributed by atoms with Crippen LogP contribution in [-0.4, -0.2) is 25.5 Å². The number of anilines is 1. The summed E-state index contributed by atoms with van der Waals surface area (Å²) in [6.45, 7) is 5.35. The van der Waals surface area contributed by atoms with E-state index < -0.39 is 23.3 Å². The van der Waals surface area contributed by atoms with E-state index in [9.17, 15) is 14.0 Å². The molecule has 2 heterocycles. The molecule has 0 aliphatic rings. The van der Waals surface area contributed by atoms with E-state index in [1.54, 1.807) is 18.5 Å². The second-order valence-corrected chi connectivity index (χ2v) is 7.84. The van der Waals surface area contributed by atoms with Crippen molar-refractivity contribution in [2.75, 3.05) is 5.32 Å². The Morgan fingerprint density at radius 1 is 1.16 bits per heavy atom. The minimum Gasteiger partial charge on any atom is -0.323 e. The summed E-state index contributed by atoms with van der Waals surface area (Å²) >= 11 is 6.03. The number of carbonyl (C=O) groups is 1. The van der Waals surface area contributed by atoms with Gasteiger partial charge in [-0.25, -0.2) is 13.8 Å². The number of nitrogens with zero attached hydrogens (tertiary/aromatic N) is 4. The lowest BCUT2D eigenvalue weighted by Crippen LogP contribution is -2.35. The van der Waals surface area contributed by atoms with E-state index in [4.69, 9.17) is 11.6 Å². The Labute approximate surface area is 188 Å². The normalized spacial score (nSPS) is 12.2. The van der Waals surface area contributed by atoms with Crippen LogP contribution >= 0.6 is 11.6 Å². The molecule has 2 aromatic heterocycles. The Morgan fingerprint density at radius 3 is 2.53 bits per heavy atom. The molecule has 0 aliphatic heterocycles. The first-order chi connectivity index (χ1) is 15.3. The maximum atomic E-state index is 13.4. The maximum absolute atomic E-state index is 13.4. The van der Waals surface area contributed by atoms with Crippen LogP contribution in [0.4, 0.5) is 10.1 Å². The number of para-hydroxylation sites is 1. The molecule has 4 rings (SSSR count). The van der Waals surface area contributed by atoms with Gasteiger partial charge in [0.25, 0.3) is 5.56 Å². The first kappa shape index (κ1) is 21.7. The predicted molar refractivity (Wildman–Crippen MR) is 122 cm³/mol. The number of hydrogen-bond donors (Lipinski definition) is 1. The largest absolute Gasteiger partial charge is 0.323 e. The van der Waals surface area contributed by atoms with Crippen LogP contribution in [0.25, 0.3) is 16.6 Å². The van der Waals surface area contributed by atoms with Gasteiger partial charge in [0.05, 0.1) is 33.2 Å². The maximum Gasteiger partial charge on any atom is 0.278 e. The van der Waals surface area contributed by atoms with Gasteiger partial charge >= 0.3 is 0 Å². The molecule has 164 valence electrons. The van der Waals surface area contributed by atoms with Gasteiger partial charge in [-0.15, -0.1) is 0 Å². The fourth-order valence-corrected chi connectivity index (χ4v) is 3.90. The van der Waals surface area contributed by atoms with Gasteiger partial charge in [0.15, 0.2) is 0 Å². The fraction of sp³-hybridized carbons (Fsp3) is 0.217. The number of aromatic nitrogens is 4. The van der Waals surface area contributed by atoms with Gasteiger partial charge in [0.2, 0.25) is 5.91 Å². The van der Waals surface area contributed by atoms with Crippen molar-refractivity contribution in [1.29, 1.82) is 0 Å². The van der Waals surface area contributed by atoms with Crippen LogP contribution in [0, 0.1) is 19.7 Å². The Bertz CT molecular complexity index is 1380. The van der Waals surface area contributed by atoms with E-state index in [1.807, 2.05) is 37.3 Å². The van der Waals surface area contributed by atoms with E-state index in [2.05, 4.69) is 15.5 Å². The van der Waals surface area contributed by atoms with Gasteiger partial charge in [-0.3, -0.25) is 9.59 Å². The SMILES string of the molecule is CCC(C(=O)Nc1ccc(F)cc1Cl)n1nc(C)c2nn(-c3ccccc3)c(C)c2c1=O. The highest BCUT2D eigenvalue weighted by Gasteiger charge is 2.26. The first-order valence-electron chi connectivity index (χ1n) is 10.1. The van der Waals surface area contributed by atoms with E-state index >= 15 is 0 Å². The lowest BCUT2D eigenvalue weighted by atomic mass is 10.2. The average Bonchev–Trinajstić information content (AvgIpc) is 3.13. The van der Waals surface area contributed by atoms with Crippen molar-refractivity contribution < 1.29 is 9.18 Å². The van der Waals surface area contributed by atoms with Crippen molar-refractivity contribution >= 4 is 34.1 Å². The second-order valence-electron chi connectivity index (χ2n) is 7.43. The van der Waals surface area contributed by atoms with E-state index in [1.165, 1.54) is 16.8 Å². The van der Waals surface area contributed by atoms with Gasteiger partial charge in [-0.1, -0.05) is 36.7 Å².